The van der Waals surface area contributed by atoms with Gasteiger partial charge in [0, 0.05) is 19.3 Å². The van der Waals surface area contributed by atoms with E-state index < -0.39 is 6.10 Å². The van der Waals surface area contributed by atoms with Gasteiger partial charge >= 0.3 is 17.9 Å². The van der Waals surface area contributed by atoms with E-state index in [1.165, 1.54) is 0 Å². The normalized spacial score (nSPS) is 13.1. The standard InChI is InChI=1S/C45H70O6/c1-4-7-10-13-16-19-21-22-24-26-29-32-35-38-44(47)50-41-42(40-49-43(46)37-34-31-28-25-18-15-12-9-6-3)51-45(48)39-36-33-30-27-23-20-17-14-11-8-5-2/h7-13,16-21,25,27,30,42H,4-6,14-15,22-24,26,28-29,31-41H2,1-3H3/b10-7-,11-8-,12-9-,16-13-,20-17-,21-19-,25-18-,30-27-. The molecule has 0 fully saturated rings. The summed E-state index contributed by atoms with van der Waals surface area (Å²) >= 11 is 0. The van der Waals surface area contributed by atoms with E-state index in [2.05, 4.69) is 112 Å². The van der Waals surface area contributed by atoms with Crippen LogP contribution in [0.3, 0.4) is 0 Å². The van der Waals surface area contributed by atoms with Crippen LogP contribution in [0, 0.1) is 0 Å². The Morgan fingerprint density at radius 2 is 0.824 bits per heavy atom. The highest BCUT2D eigenvalue weighted by Crippen LogP contribution is 2.10. The Balaban J connectivity index is 4.54. The van der Waals surface area contributed by atoms with E-state index in [0.29, 0.717) is 19.3 Å². The first-order valence-electron chi connectivity index (χ1n) is 19.8. The molecule has 0 aliphatic rings. The lowest BCUT2D eigenvalue weighted by molar-refractivity contribution is -0.167. The second-order valence-corrected chi connectivity index (χ2v) is 12.5. The second kappa shape index (κ2) is 39.1. The van der Waals surface area contributed by atoms with Gasteiger partial charge in [0.25, 0.3) is 0 Å². The summed E-state index contributed by atoms with van der Waals surface area (Å²) in [6, 6.07) is 0. The minimum atomic E-state index is -0.822. The largest absolute Gasteiger partial charge is 0.462 e. The van der Waals surface area contributed by atoms with Crippen LogP contribution in [0.5, 0.6) is 0 Å². The maximum Gasteiger partial charge on any atom is 0.306 e. The zero-order valence-electron chi connectivity index (χ0n) is 32.3. The highest BCUT2D eigenvalue weighted by molar-refractivity contribution is 5.71. The number of allylic oxidation sites excluding steroid dienone is 16. The van der Waals surface area contributed by atoms with Gasteiger partial charge in [-0.2, -0.15) is 0 Å². The van der Waals surface area contributed by atoms with Crippen molar-refractivity contribution in [3.05, 3.63) is 97.2 Å². The lowest BCUT2D eigenvalue weighted by Gasteiger charge is -2.18. The molecule has 0 bridgehead atoms. The fourth-order valence-electron chi connectivity index (χ4n) is 4.73. The quantitative estimate of drug-likeness (QED) is 0.0222. The highest BCUT2D eigenvalue weighted by Gasteiger charge is 2.19. The smallest absolute Gasteiger partial charge is 0.306 e. The lowest BCUT2D eigenvalue weighted by Crippen LogP contribution is -2.30. The Morgan fingerprint density at radius 1 is 0.412 bits per heavy atom. The molecule has 0 saturated heterocycles. The zero-order valence-corrected chi connectivity index (χ0v) is 32.3. The highest BCUT2D eigenvalue weighted by atomic mass is 16.6. The fraction of sp³-hybridized carbons (Fsp3) is 0.578. The molecule has 6 nitrogen and oxygen atoms in total. The average Bonchev–Trinajstić information content (AvgIpc) is 3.12. The number of hydrogen-bond acceptors (Lipinski definition) is 6. The van der Waals surface area contributed by atoms with Crippen LogP contribution in [0.15, 0.2) is 97.2 Å². The van der Waals surface area contributed by atoms with E-state index in [9.17, 15) is 14.4 Å². The Morgan fingerprint density at radius 3 is 1.41 bits per heavy atom. The van der Waals surface area contributed by atoms with Crippen molar-refractivity contribution in [2.45, 2.75) is 155 Å². The molecule has 51 heavy (non-hydrogen) atoms. The van der Waals surface area contributed by atoms with Crippen LogP contribution in [0.25, 0.3) is 0 Å². The lowest BCUT2D eigenvalue weighted by atomic mass is 10.1. The Bertz CT molecular complexity index is 1090. The number of hydrogen-bond donors (Lipinski definition) is 0. The van der Waals surface area contributed by atoms with E-state index in [0.717, 1.165) is 103 Å². The molecular formula is C45H70O6. The molecule has 6 heteroatoms. The van der Waals surface area contributed by atoms with E-state index in [-0.39, 0.29) is 37.5 Å². The second-order valence-electron chi connectivity index (χ2n) is 12.5. The van der Waals surface area contributed by atoms with Gasteiger partial charge in [-0.05, 0) is 89.9 Å². The van der Waals surface area contributed by atoms with E-state index in [4.69, 9.17) is 14.2 Å². The van der Waals surface area contributed by atoms with E-state index in [1.807, 2.05) is 6.08 Å². The van der Waals surface area contributed by atoms with Gasteiger partial charge in [-0.15, -0.1) is 0 Å². The molecule has 0 amide bonds. The third-order valence-corrected chi connectivity index (χ3v) is 7.63. The van der Waals surface area contributed by atoms with Crippen molar-refractivity contribution >= 4 is 17.9 Å². The van der Waals surface area contributed by atoms with Crippen molar-refractivity contribution < 1.29 is 28.6 Å². The third-order valence-electron chi connectivity index (χ3n) is 7.63. The van der Waals surface area contributed by atoms with Gasteiger partial charge in [0.2, 0.25) is 0 Å². The molecule has 0 aliphatic carbocycles. The van der Waals surface area contributed by atoms with Crippen molar-refractivity contribution in [2.75, 3.05) is 13.2 Å². The topological polar surface area (TPSA) is 78.9 Å². The maximum atomic E-state index is 12.6. The van der Waals surface area contributed by atoms with Gasteiger partial charge in [0.05, 0.1) is 0 Å². The van der Waals surface area contributed by atoms with Gasteiger partial charge in [-0.3, -0.25) is 14.4 Å². The summed E-state index contributed by atoms with van der Waals surface area (Å²) in [5.74, 6) is -1.05. The molecule has 0 saturated carbocycles. The molecular weight excluding hydrogens is 636 g/mol. The Labute approximate surface area is 311 Å². The van der Waals surface area contributed by atoms with E-state index in [1.54, 1.807) is 0 Å². The summed E-state index contributed by atoms with van der Waals surface area (Å²) in [4.78, 5) is 37.4. The van der Waals surface area contributed by atoms with Crippen LogP contribution in [-0.4, -0.2) is 37.2 Å². The van der Waals surface area contributed by atoms with Crippen LogP contribution >= 0.6 is 0 Å². The molecule has 0 aromatic rings. The van der Waals surface area contributed by atoms with Crippen molar-refractivity contribution in [3.8, 4) is 0 Å². The first-order valence-corrected chi connectivity index (χ1v) is 19.8. The van der Waals surface area contributed by atoms with Crippen molar-refractivity contribution in [2.24, 2.45) is 0 Å². The summed E-state index contributed by atoms with van der Waals surface area (Å²) in [5, 5.41) is 0. The summed E-state index contributed by atoms with van der Waals surface area (Å²) < 4.78 is 16.5. The monoisotopic (exact) mass is 707 g/mol. The summed E-state index contributed by atoms with van der Waals surface area (Å²) in [5.41, 5.74) is 0. The van der Waals surface area contributed by atoms with Crippen LogP contribution in [0.4, 0.5) is 0 Å². The predicted molar refractivity (Wildman–Crippen MR) is 214 cm³/mol. The molecule has 0 rings (SSSR count). The summed E-state index contributed by atoms with van der Waals surface area (Å²) in [7, 11) is 0. The Hall–Kier alpha value is -3.67. The number of carbonyl (C=O) groups excluding carboxylic acids is 3. The SMILES string of the molecule is CC\C=C/C=C\C=C/CCCCCCCC(=O)OCC(COC(=O)CCCC/C=C\C/C=C\CC)OC(=O)CCC/C=C\C/C=C\C/C=C\CC. The van der Waals surface area contributed by atoms with Gasteiger partial charge in [0.15, 0.2) is 6.10 Å². The van der Waals surface area contributed by atoms with Crippen LogP contribution in [-0.2, 0) is 28.6 Å². The molecule has 0 aromatic carbocycles. The fourth-order valence-corrected chi connectivity index (χ4v) is 4.73. The molecule has 1 atom stereocenters. The van der Waals surface area contributed by atoms with Crippen LogP contribution < -0.4 is 0 Å². The summed E-state index contributed by atoms with van der Waals surface area (Å²) in [6.07, 6.45) is 49.8. The number of esters is 3. The number of rotatable bonds is 33. The van der Waals surface area contributed by atoms with Gasteiger partial charge in [0.1, 0.15) is 13.2 Å². The molecule has 1 unspecified atom stereocenters. The number of unbranched alkanes of at least 4 members (excludes halogenated alkanes) is 8. The molecule has 0 radical (unpaired) electrons. The minimum Gasteiger partial charge on any atom is -0.462 e. The number of ether oxygens (including phenoxy) is 3. The van der Waals surface area contributed by atoms with Crippen molar-refractivity contribution in [1.82, 2.24) is 0 Å². The molecule has 0 aliphatic heterocycles. The van der Waals surface area contributed by atoms with Crippen molar-refractivity contribution in [1.29, 1.82) is 0 Å². The van der Waals surface area contributed by atoms with Gasteiger partial charge < -0.3 is 14.2 Å². The molecule has 0 N–H and O–H groups in total. The predicted octanol–water partition coefficient (Wildman–Crippen LogP) is 12.3. The first kappa shape index (κ1) is 47.3. The van der Waals surface area contributed by atoms with Crippen molar-refractivity contribution in [3.63, 3.8) is 0 Å². The minimum absolute atomic E-state index is 0.121. The molecule has 0 spiro atoms. The van der Waals surface area contributed by atoms with Crippen LogP contribution in [0.2, 0.25) is 0 Å². The van der Waals surface area contributed by atoms with Gasteiger partial charge in [-0.25, -0.2) is 0 Å². The van der Waals surface area contributed by atoms with Gasteiger partial charge in [-0.1, -0.05) is 137 Å². The molecule has 286 valence electrons. The Kier molecular flexibility index (Phi) is 36.3. The molecule has 0 heterocycles. The summed E-state index contributed by atoms with van der Waals surface area (Å²) in [6.45, 7) is 6.11. The molecule has 0 aromatic heterocycles. The number of carbonyl (C=O) groups is 3. The van der Waals surface area contributed by atoms with Crippen LogP contribution in [0.1, 0.15) is 149 Å². The first-order chi connectivity index (χ1) is 25.0. The third kappa shape index (κ3) is 37.4. The maximum absolute atomic E-state index is 12.6. The zero-order chi connectivity index (χ0) is 37.3. The van der Waals surface area contributed by atoms with E-state index >= 15 is 0 Å². The average molecular weight is 707 g/mol.